The molecule has 0 bridgehead atoms. The average Bonchev–Trinajstić information content (AvgIpc) is 2.16. The van der Waals surface area contributed by atoms with E-state index in [9.17, 15) is 13.6 Å². The first-order valence-electron chi connectivity index (χ1n) is 3.88. The van der Waals surface area contributed by atoms with E-state index in [2.05, 4.69) is 4.98 Å². The van der Waals surface area contributed by atoms with Crippen LogP contribution < -0.4 is 5.73 Å². The summed E-state index contributed by atoms with van der Waals surface area (Å²) in [5, 5.41) is 8.69. The van der Waals surface area contributed by atoms with Crippen molar-refractivity contribution in [2.75, 3.05) is 0 Å². The summed E-state index contributed by atoms with van der Waals surface area (Å²) in [7, 11) is 0. The van der Waals surface area contributed by atoms with Gasteiger partial charge in [0.1, 0.15) is 0 Å². The van der Waals surface area contributed by atoms with Crippen molar-refractivity contribution in [3.05, 3.63) is 26.6 Å². The molecule has 4 nitrogen and oxygen atoms in total. The first-order valence-corrected chi connectivity index (χ1v) is 4.96. The topological polar surface area (TPSA) is 76.2 Å². The number of carbonyl (C=O) groups is 1. The molecule has 7 heteroatoms. The van der Waals surface area contributed by atoms with Crippen LogP contribution in [0.1, 0.15) is 28.2 Å². The molecule has 0 saturated carbocycles. The highest BCUT2D eigenvalue weighted by Gasteiger charge is 2.21. The Labute approximate surface area is 97.6 Å². The van der Waals surface area contributed by atoms with Crippen molar-refractivity contribution in [2.24, 2.45) is 5.73 Å². The smallest absolute Gasteiger partial charge is 0.355 e. The molecule has 0 amide bonds. The van der Waals surface area contributed by atoms with Gasteiger partial charge < -0.3 is 10.8 Å². The van der Waals surface area contributed by atoms with Gasteiger partial charge in [-0.15, -0.1) is 0 Å². The zero-order chi connectivity index (χ0) is 11.6. The number of nitrogens with zero attached hydrogens (tertiary/aromatic N) is 1. The summed E-state index contributed by atoms with van der Waals surface area (Å²) in [6.45, 7) is 0.0159. The van der Waals surface area contributed by atoms with Gasteiger partial charge in [0.05, 0.1) is 11.3 Å². The first kappa shape index (κ1) is 12.2. The van der Waals surface area contributed by atoms with E-state index >= 15 is 0 Å². The van der Waals surface area contributed by atoms with E-state index in [1.54, 1.807) is 22.6 Å². The van der Waals surface area contributed by atoms with Gasteiger partial charge in [-0.05, 0) is 28.7 Å². The number of hydrogen-bond acceptors (Lipinski definition) is 3. The van der Waals surface area contributed by atoms with Gasteiger partial charge in [-0.25, -0.2) is 18.6 Å². The zero-order valence-corrected chi connectivity index (χ0v) is 9.53. The molecule has 0 radical (unpaired) electrons. The molecular weight excluding hydrogens is 321 g/mol. The molecule has 0 unspecified atom stereocenters. The number of hydrogen-bond donors (Lipinski definition) is 2. The molecule has 0 aliphatic carbocycles. The summed E-state index contributed by atoms with van der Waals surface area (Å²) in [5.74, 6) is -1.48. The molecule has 0 fully saturated rings. The van der Waals surface area contributed by atoms with Crippen molar-refractivity contribution in [1.29, 1.82) is 0 Å². The van der Waals surface area contributed by atoms with Crippen LogP contribution in [-0.4, -0.2) is 16.1 Å². The Morgan fingerprint density at radius 1 is 1.67 bits per heavy atom. The van der Waals surface area contributed by atoms with Crippen LogP contribution in [0.3, 0.4) is 0 Å². The van der Waals surface area contributed by atoms with Crippen LogP contribution in [0, 0.1) is 3.57 Å². The third kappa shape index (κ3) is 2.59. The lowest BCUT2D eigenvalue weighted by Crippen LogP contribution is -2.12. The van der Waals surface area contributed by atoms with Gasteiger partial charge in [-0.2, -0.15) is 0 Å². The number of pyridine rings is 1. The second-order valence-electron chi connectivity index (χ2n) is 2.66. The lowest BCUT2D eigenvalue weighted by molar-refractivity contribution is 0.0676. The quantitative estimate of drug-likeness (QED) is 0.830. The molecule has 1 aromatic rings. The van der Waals surface area contributed by atoms with Gasteiger partial charge in [0.15, 0.2) is 5.69 Å². The average molecular weight is 328 g/mol. The normalized spacial score (nSPS) is 10.7. The minimum Gasteiger partial charge on any atom is -0.476 e. The van der Waals surface area contributed by atoms with Crippen molar-refractivity contribution in [2.45, 2.75) is 13.0 Å². The van der Waals surface area contributed by atoms with Gasteiger partial charge in [-0.3, -0.25) is 0 Å². The largest absolute Gasteiger partial charge is 0.476 e. The van der Waals surface area contributed by atoms with Gasteiger partial charge in [0.25, 0.3) is 6.43 Å². The van der Waals surface area contributed by atoms with E-state index in [4.69, 9.17) is 10.8 Å². The minimum atomic E-state index is -2.86. The highest BCUT2D eigenvalue weighted by Crippen LogP contribution is 2.25. The van der Waals surface area contributed by atoms with Crippen LogP contribution in [0.5, 0.6) is 0 Å². The standard InChI is InChI=1S/C8H7F2IN2O2/c9-7(10)3-1-4(11)5(2-12)13-6(3)8(14)15/h1,7H,2,12H2,(H,14,15). The molecule has 0 saturated heterocycles. The van der Waals surface area contributed by atoms with E-state index < -0.39 is 23.7 Å². The lowest BCUT2D eigenvalue weighted by atomic mass is 10.2. The molecular formula is C8H7F2IN2O2. The van der Waals surface area contributed by atoms with E-state index in [-0.39, 0.29) is 6.54 Å². The van der Waals surface area contributed by atoms with E-state index in [1.807, 2.05) is 0 Å². The molecule has 0 aliphatic heterocycles. The molecule has 82 valence electrons. The molecule has 15 heavy (non-hydrogen) atoms. The van der Waals surface area contributed by atoms with E-state index in [0.717, 1.165) is 6.07 Å². The van der Waals surface area contributed by atoms with Gasteiger partial charge in [0.2, 0.25) is 0 Å². The number of carboxylic acid groups (broad SMARTS) is 1. The molecule has 0 spiro atoms. The Morgan fingerprint density at radius 2 is 2.27 bits per heavy atom. The molecule has 1 heterocycles. The number of aromatic nitrogens is 1. The Morgan fingerprint density at radius 3 is 2.67 bits per heavy atom. The number of nitrogens with two attached hydrogens (primary N) is 1. The molecule has 0 aromatic carbocycles. The zero-order valence-electron chi connectivity index (χ0n) is 7.38. The summed E-state index contributed by atoms with van der Waals surface area (Å²) in [4.78, 5) is 14.3. The Kier molecular flexibility index (Phi) is 3.91. The molecule has 0 aliphatic rings. The number of alkyl halides is 2. The second kappa shape index (κ2) is 4.79. The summed E-state index contributed by atoms with van der Waals surface area (Å²) < 4.78 is 25.4. The summed E-state index contributed by atoms with van der Waals surface area (Å²) in [6.07, 6.45) is -2.86. The fourth-order valence-corrected chi connectivity index (χ4v) is 1.70. The number of carboxylic acids is 1. The monoisotopic (exact) mass is 328 g/mol. The van der Waals surface area contributed by atoms with Crippen molar-refractivity contribution in [3.63, 3.8) is 0 Å². The van der Waals surface area contributed by atoms with Crippen LogP contribution in [-0.2, 0) is 6.54 Å². The predicted molar refractivity (Wildman–Crippen MR) is 56.8 cm³/mol. The maximum atomic E-state index is 12.5. The lowest BCUT2D eigenvalue weighted by Gasteiger charge is -2.08. The second-order valence-corrected chi connectivity index (χ2v) is 3.83. The summed E-state index contributed by atoms with van der Waals surface area (Å²) >= 11 is 1.79. The predicted octanol–water partition coefficient (Wildman–Crippen LogP) is 1.78. The summed E-state index contributed by atoms with van der Waals surface area (Å²) in [5.41, 5.74) is 4.39. The Balaban J connectivity index is 3.39. The van der Waals surface area contributed by atoms with Crippen LogP contribution in [0.25, 0.3) is 0 Å². The highest BCUT2D eigenvalue weighted by atomic mass is 127. The van der Waals surface area contributed by atoms with Crippen molar-refractivity contribution in [3.8, 4) is 0 Å². The molecule has 1 rings (SSSR count). The fourth-order valence-electron chi connectivity index (χ4n) is 1.02. The van der Waals surface area contributed by atoms with E-state index in [1.165, 1.54) is 0 Å². The third-order valence-electron chi connectivity index (χ3n) is 1.71. The van der Waals surface area contributed by atoms with Crippen LogP contribution in [0.2, 0.25) is 0 Å². The maximum absolute atomic E-state index is 12.5. The van der Waals surface area contributed by atoms with Gasteiger partial charge in [-0.1, -0.05) is 0 Å². The Hall–Kier alpha value is -0.830. The molecule has 0 atom stereocenters. The van der Waals surface area contributed by atoms with Crippen molar-refractivity contribution in [1.82, 2.24) is 4.98 Å². The van der Waals surface area contributed by atoms with E-state index in [0.29, 0.717) is 9.26 Å². The molecule has 1 aromatic heterocycles. The summed E-state index contributed by atoms with van der Waals surface area (Å²) in [6, 6.07) is 1.10. The minimum absolute atomic E-state index is 0.0159. The number of aromatic carboxylic acids is 1. The van der Waals surface area contributed by atoms with Crippen LogP contribution in [0.15, 0.2) is 6.07 Å². The van der Waals surface area contributed by atoms with Gasteiger partial charge >= 0.3 is 5.97 Å². The fraction of sp³-hybridized carbons (Fsp3) is 0.250. The van der Waals surface area contributed by atoms with Gasteiger partial charge in [0, 0.05) is 10.1 Å². The third-order valence-corrected chi connectivity index (χ3v) is 2.64. The van der Waals surface area contributed by atoms with Crippen molar-refractivity contribution >= 4 is 28.6 Å². The Bertz CT molecular complexity index is 398. The maximum Gasteiger partial charge on any atom is 0.355 e. The molecule has 3 N–H and O–H groups in total. The number of rotatable bonds is 3. The van der Waals surface area contributed by atoms with Crippen molar-refractivity contribution < 1.29 is 18.7 Å². The van der Waals surface area contributed by atoms with Crippen LogP contribution >= 0.6 is 22.6 Å². The SMILES string of the molecule is NCc1nc(C(=O)O)c(C(F)F)cc1I. The number of halogens is 3. The first-order chi connectivity index (χ1) is 6.97. The van der Waals surface area contributed by atoms with Crippen LogP contribution in [0.4, 0.5) is 8.78 Å². The highest BCUT2D eigenvalue weighted by molar-refractivity contribution is 14.1.